The van der Waals surface area contributed by atoms with Gasteiger partial charge in [0.2, 0.25) is 0 Å². The molecule has 0 spiro atoms. The van der Waals surface area contributed by atoms with Gasteiger partial charge in [-0.1, -0.05) is 18.2 Å². The molecule has 0 saturated carbocycles. The molecule has 0 unspecified atom stereocenters. The number of rotatable bonds is 7. The minimum atomic E-state index is -0.928. The van der Waals surface area contributed by atoms with Gasteiger partial charge < -0.3 is 14.8 Å². The van der Waals surface area contributed by atoms with Crippen LogP contribution in [0.3, 0.4) is 0 Å². The zero-order valence-electron chi connectivity index (χ0n) is 15.0. The molecular weight excluding hydrogens is 337 g/mol. The second-order valence-electron chi connectivity index (χ2n) is 5.90. The van der Waals surface area contributed by atoms with Crippen LogP contribution in [0.25, 0.3) is 0 Å². The molecule has 0 fully saturated rings. The molecule has 6 heteroatoms. The van der Waals surface area contributed by atoms with E-state index in [1.54, 1.807) is 30.3 Å². The van der Waals surface area contributed by atoms with Crippen molar-refractivity contribution >= 4 is 11.9 Å². The van der Waals surface area contributed by atoms with E-state index in [4.69, 9.17) is 9.47 Å². The van der Waals surface area contributed by atoms with Crippen molar-refractivity contribution < 1.29 is 23.5 Å². The van der Waals surface area contributed by atoms with E-state index in [-0.39, 0.29) is 11.7 Å². The van der Waals surface area contributed by atoms with Crippen molar-refractivity contribution in [2.24, 2.45) is 0 Å². The molecule has 0 aliphatic carbocycles. The summed E-state index contributed by atoms with van der Waals surface area (Å²) in [4.78, 5) is 24.2. The topological polar surface area (TPSA) is 64.6 Å². The quantitative estimate of drug-likeness (QED) is 0.772. The summed E-state index contributed by atoms with van der Waals surface area (Å²) in [7, 11) is 1.52. The molecule has 2 aromatic rings. The largest absolute Gasteiger partial charge is 0.496 e. The third-order valence-electron chi connectivity index (χ3n) is 3.92. The van der Waals surface area contributed by atoms with Crippen molar-refractivity contribution in [2.75, 3.05) is 13.7 Å². The Labute approximate surface area is 152 Å². The average molecular weight is 359 g/mol. The molecule has 1 atom stereocenters. The van der Waals surface area contributed by atoms with Gasteiger partial charge in [0, 0.05) is 6.54 Å². The predicted molar refractivity (Wildman–Crippen MR) is 95.7 cm³/mol. The first-order valence-corrected chi connectivity index (χ1v) is 8.28. The minimum absolute atomic E-state index is 0.300. The van der Waals surface area contributed by atoms with E-state index in [9.17, 15) is 14.0 Å². The van der Waals surface area contributed by atoms with Crippen LogP contribution in [0.5, 0.6) is 5.75 Å². The highest BCUT2D eigenvalue weighted by Gasteiger charge is 2.19. The lowest BCUT2D eigenvalue weighted by Gasteiger charge is -2.14. The molecule has 138 valence electrons. The van der Waals surface area contributed by atoms with E-state index in [0.717, 1.165) is 11.1 Å². The van der Waals surface area contributed by atoms with Gasteiger partial charge in [0.15, 0.2) is 6.10 Å². The fourth-order valence-corrected chi connectivity index (χ4v) is 2.35. The number of amides is 1. The molecule has 1 amide bonds. The van der Waals surface area contributed by atoms with E-state index in [1.807, 2.05) is 6.92 Å². The number of benzene rings is 2. The van der Waals surface area contributed by atoms with Gasteiger partial charge in [0.1, 0.15) is 11.6 Å². The summed E-state index contributed by atoms with van der Waals surface area (Å²) in [5, 5.41) is 2.70. The van der Waals surface area contributed by atoms with E-state index >= 15 is 0 Å². The minimum Gasteiger partial charge on any atom is -0.496 e. The SMILES string of the molecule is COc1cc(C(=O)O[C@@H](C)C(=O)NCCc2ccc(F)cc2)ccc1C. The highest BCUT2D eigenvalue weighted by Crippen LogP contribution is 2.19. The van der Waals surface area contributed by atoms with Gasteiger partial charge in [-0.2, -0.15) is 0 Å². The number of nitrogens with one attached hydrogen (secondary N) is 1. The van der Waals surface area contributed by atoms with Gasteiger partial charge in [-0.25, -0.2) is 9.18 Å². The Hall–Kier alpha value is -2.89. The standard InChI is InChI=1S/C20H22FNO4/c1-13-4-7-16(12-18(13)25-3)20(24)26-14(2)19(23)22-11-10-15-5-8-17(21)9-6-15/h4-9,12,14H,10-11H2,1-3H3,(H,22,23)/t14-/m0/s1. The zero-order chi connectivity index (χ0) is 19.1. The molecule has 0 bridgehead atoms. The Morgan fingerprint density at radius 2 is 1.85 bits per heavy atom. The van der Waals surface area contributed by atoms with Crippen LogP contribution in [0.2, 0.25) is 0 Å². The second-order valence-corrected chi connectivity index (χ2v) is 5.90. The Kier molecular flexibility index (Phi) is 6.72. The molecule has 1 N–H and O–H groups in total. The molecule has 5 nitrogen and oxygen atoms in total. The number of aryl methyl sites for hydroxylation is 1. The lowest BCUT2D eigenvalue weighted by molar-refractivity contribution is -0.129. The Balaban J connectivity index is 1.84. The lowest BCUT2D eigenvalue weighted by Crippen LogP contribution is -2.36. The number of hydrogen-bond acceptors (Lipinski definition) is 4. The van der Waals surface area contributed by atoms with E-state index < -0.39 is 12.1 Å². The first kappa shape index (κ1) is 19.4. The number of carbonyl (C=O) groups is 2. The third-order valence-corrected chi connectivity index (χ3v) is 3.92. The van der Waals surface area contributed by atoms with Crippen LogP contribution < -0.4 is 10.1 Å². The summed E-state index contributed by atoms with van der Waals surface area (Å²) in [6, 6.07) is 11.0. The summed E-state index contributed by atoms with van der Waals surface area (Å²) in [6.07, 6.45) is -0.370. The molecule has 0 aromatic heterocycles. The molecule has 26 heavy (non-hydrogen) atoms. The van der Waals surface area contributed by atoms with Gasteiger partial charge in [0.05, 0.1) is 12.7 Å². The molecule has 0 aliphatic heterocycles. The second kappa shape index (κ2) is 8.99. The Morgan fingerprint density at radius 3 is 2.50 bits per heavy atom. The van der Waals surface area contributed by atoms with Crippen LogP contribution in [0.15, 0.2) is 42.5 Å². The van der Waals surface area contributed by atoms with Crippen molar-refractivity contribution in [1.82, 2.24) is 5.32 Å². The fourth-order valence-electron chi connectivity index (χ4n) is 2.35. The predicted octanol–water partition coefficient (Wildman–Crippen LogP) is 3.05. The van der Waals surface area contributed by atoms with Gasteiger partial charge in [-0.15, -0.1) is 0 Å². The number of halogens is 1. The van der Waals surface area contributed by atoms with Gasteiger partial charge in [-0.3, -0.25) is 4.79 Å². The summed E-state index contributed by atoms with van der Waals surface area (Å²) in [6.45, 7) is 3.74. The fraction of sp³-hybridized carbons (Fsp3) is 0.300. The van der Waals surface area contributed by atoms with Crippen LogP contribution in [-0.2, 0) is 16.0 Å². The number of esters is 1. The molecule has 2 rings (SSSR count). The van der Waals surface area contributed by atoms with E-state index in [1.165, 1.54) is 26.2 Å². The summed E-state index contributed by atoms with van der Waals surface area (Å²) >= 11 is 0. The van der Waals surface area contributed by atoms with Gasteiger partial charge in [-0.05, 0) is 55.7 Å². The normalized spacial score (nSPS) is 11.5. The van der Waals surface area contributed by atoms with Crippen LogP contribution in [-0.4, -0.2) is 31.6 Å². The lowest BCUT2D eigenvalue weighted by atomic mass is 10.1. The first-order chi connectivity index (χ1) is 12.4. The smallest absolute Gasteiger partial charge is 0.339 e. The van der Waals surface area contributed by atoms with E-state index in [0.29, 0.717) is 24.3 Å². The zero-order valence-corrected chi connectivity index (χ0v) is 15.0. The third kappa shape index (κ3) is 5.31. The average Bonchev–Trinajstić information content (AvgIpc) is 2.63. The highest BCUT2D eigenvalue weighted by atomic mass is 19.1. The monoisotopic (exact) mass is 359 g/mol. The van der Waals surface area contributed by atoms with Crippen molar-refractivity contribution in [3.05, 3.63) is 65.0 Å². The molecule has 0 aliphatic rings. The Bertz CT molecular complexity index is 774. The van der Waals surface area contributed by atoms with Crippen molar-refractivity contribution in [3.63, 3.8) is 0 Å². The summed E-state index contributed by atoms with van der Waals surface area (Å²) in [5.41, 5.74) is 2.12. The molecule has 0 saturated heterocycles. The number of ether oxygens (including phenoxy) is 2. The van der Waals surface area contributed by atoms with Crippen LogP contribution >= 0.6 is 0 Å². The van der Waals surface area contributed by atoms with Crippen LogP contribution in [0.1, 0.15) is 28.4 Å². The molecule has 0 radical (unpaired) electrons. The maximum Gasteiger partial charge on any atom is 0.339 e. The molecule has 2 aromatic carbocycles. The summed E-state index contributed by atoms with van der Waals surface area (Å²) in [5.74, 6) is -0.703. The van der Waals surface area contributed by atoms with E-state index in [2.05, 4.69) is 5.32 Å². The van der Waals surface area contributed by atoms with Gasteiger partial charge in [0.25, 0.3) is 5.91 Å². The number of carbonyl (C=O) groups excluding carboxylic acids is 2. The van der Waals surface area contributed by atoms with Gasteiger partial charge >= 0.3 is 5.97 Å². The number of hydrogen-bond donors (Lipinski definition) is 1. The number of methoxy groups -OCH3 is 1. The molecular formula is C20H22FNO4. The van der Waals surface area contributed by atoms with Crippen molar-refractivity contribution in [2.45, 2.75) is 26.4 Å². The maximum absolute atomic E-state index is 12.8. The van der Waals surface area contributed by atoms with Crippen LogP contribution in [0.4, 0.5) is 4.39 Å². The Morgan fingerprint density at radius 1 is 1.15 bits per heavy atom. The summed E-state index contributed by atoms with van der Waals surface area (Å²) < 4.78 is 23.2. The van der Waals surface area contributed by atoms with Crippen molar-refractivity contribution in [1.29, 1.82) is 0 Å². The van der Waals surface area contributed by atoms with Crippen molar-refractivity contribution in [3.8, 4) is 5.75 Å². The highest BCUT2D eigenvalue weighted by molar-refractivity contribution is 5.92. The first-order valence-electron chi connectivity index (χ1n) is 8.28. The molecule has 0 heterocycles. The maximum atomic E-state index is 12.8. The van der Waals surface area contributed by atoms with Crippen LogP contribution in [0, 0.1) is 12.7 Å².